The smallest absolute Gasteiger partial charge is 0.337 e. The summed E-state index contributed by atoms with van der Waals surface area (Å²) in [6, 6.07) is 6.89. The van der Waals surface area contributed by atoms with Crippen molar-refractivity contribution >= 4 is 23.3 Å². The van der Waals surface area contributed by atoms with E-state index in [9.17, 15) is 4.79 Å². The van der Waals surface area contributed by atoms with E-state index in [2.05, 4.69) is 36.6 Å². The maximum absolute atomic E-state index is 11.5. The standard InChI is InChI=1S/C18H16N6O2/c1-26-17(25)12-5-7-13(8-6-12)22-18-21-11-20-16(23-18)14-10-19-15-4-2-3-9-24(14)15/h2-8,10-11,19H,9H2,1H3,(H,20,21,22,23). The van der Waals surface area contributed by atoms with Gasteiger partial charge in [-0.15, -0.1) is 0 Å². The Morgan fingerprint density at radius 3 is 2.92 bits per heavy atom. The molecule has 8 heteroatoms. The van der Waals surface area contributed by atoms with Crippen LogP contribution in [0.25, 0.3) is 5.70 Å². The van der Waals surface area contributed by atoms with Crippen molar-refractivity contribution in [2.75, 3.05) is 19.0 Å². The zero-order chi connectivity index (χ0) is 17.9. The van der Waals surface area contributed by atoms with Crippen LogP contribution < -0.4 is 10.6 Å². The molecule has 0 unspecified atom stereocenters. The van der Waals surface area contributed by atoms with Gasteiger partial charge in [0.1, 0.15) is 17.8 Å². The van der Waals surface area contributed by atoms with Crippen LogP contribution in [0.5, 0.6) is 0 Å². The van der Waals surface area contributed by atoms with Gasteiger partial charge in [-0.1, -0.05) is 12.2 Å². The van der Waals surface area contributed by atoms with Crippen molar-refractivity contribution in [1.82, 2.24) is 25.2 Å². The first kappa shape index (κ1) is 15.8. The predicted molar refractivity (Wildman–Crippen MR) is 95.9 cm³/mol. The van der Waals surface area contributed by atoms with E-state index in [1.165, 1.54) is 13.4 Å². The Kier molecular flexibility index (Phi) is 4.06. The third-order valence-electron chi connectivity index (χ3n) is 3.98. The van der Waals surface area contributed by atoms with E-state index in [1.807, 2.05) is 18.4 Å². The number of fused-ring (bicyclic) bond motifs is 1. The van der Waals surface area contributed by atoms with E-state index < -0.39 is 0 Å². The van der Waals surface area contributed by atoms with Crippen LogP contribution >= 0.6 is 0 Å². The van der Waals surface area contributed by atoms with E-state index in [0.29, 0.717) is 17.3 Å². The molecule has 1 aromatic carbocycles. The molecule has 130 valence electrons. The minimum Gasteiger partial charge on any atom is -0.465 e. The van der Waals surface area contributed by atoms with Crippen molar-refractivity contribution in [1.29, 1.82) is 0 Å². The molecule has 2 aliphatic heterocycles. The monoisotopic (exact) mass is 348 g/mol. The Balaban J connectivity index is 1.52. The molecule has 0 bridgehead atoms. The van der Waals surface area contributed by atoms with Crippen molar-refractivity contribution in [3.63, 3.8) is 0 Å². The number of benzene rings is 1. The van der Waals surface area contributed by atoms with Crippen LogP contribution in [0.2, 0.25) is 0 Å². The number of ether oxygens (including phenoxy) is 1. The number of carbonyl (C=O) groups excluding carboxylic acids is 1. The van der Waals surface area contributed by atoms with Gasteiger partial charge >= 0.3 is 5.97 Å². The highest BCUT2D eigenvalue weighted by Gasteiger charge is 2.24. The van der Waals surface area contributed by atoms with Crippen molar-refractivity contribution < 1.29 is 9.53 Å². The van der Waals surface area contributed by atoms with E-state index in [1.54, 1.807) is 24.3 Å². The summed E-state index contributed by atoms with van der Waals surface area (Å²) in [5, 5.41) is 6.32. The lowest BCUT2D eigenvalue weighted by atomic mass is 10.2. The fourth-order valence-electron chi connectivity index (χ4n) is 2.69. The van der Waals surface area contributed by atoms with E-state index in [4.69, 9.17) is 4.74 Å². The van der Waals surface area contributed by atoms with E-state index >= 15 is 0 Å². The molecule has 2 aliphatic rings. The van der Waals surface area contributed by atoms with Crippen LogP contribution in [0.3, 0.4) is 0 Å². The summed E-state index contributed by atoms with van der Waals surface area (Å²) in [6.07, 6.45) is 9.41. The summed E-state index contributed by atoms with van der Waals surface area (Å²) >= 11 is 0. The molecule has 26 heavy (non-hydrogen) atoms. The second-order valence-corrected chi connectivity index (χ2v) is 5.59. The van der Waals surface area contributed by atoms with Crippen molar-refractivity contribution in [2.24, 2.45) is 0 Å². The number of nitrogens with one attached hydrogen (secondary N) is 2. The van der Waals surface area contributed by atoms with Crippen molar-refractivity contribution in [3.8, 4) is 0 Å². The third kappa shape index (κ3) is 3.00. The van der Waals surface area contributed by atoms with Gasteiger partial charge in [0.15, 0.2) is 5.82 Å². The first-order chi connectivity index (χ1) is 12.7. The van der Waals surface area contributed by atoms with Gasteiger partial charge < -0.3 is 20.3 Å². The number of nitrogens with zero attached hydrogens (tertiary/aromatic N) is 4. The number of allylic oxidation sites excluding steroid dienone is 2. The molecule has 8 nitrogen and oxygen atoms in total. The number of hydrogen-bond acceptors (Lipinski definition) is 8. The summed E-state index contributed by atoms with van der Waals surface area (Å²) in [5.41, 5.74) is 2.12. The van der Waals surface area contributed by atoms with Crippen LogP contribution in [-0.2, 0) is 4.74 Å². The average Bonchev–Trinajstić information content (AvgIpc) is 3.12. The molecule has 0 amide bonds. The average molecular weight is 348 g/mol. The molecule has 0 spiro atoms. The molecule has 0 fully saturated rings. The molecule has 0 aliphatic carbocycles. The van der Waals surface area contributed by atoms with Gasteiger partial charge in [-0.05, 0) is 30.3 Å². The Morgan fingerprint density at radius 2 is 2.12 bits per heavy atom. The number of anilines is 2. The van der Waals surface area contributed by atoms with E-state index in [0.717, 1.165) is 23.8 Å². The number of hydrogen-bond donors (Lipinski definition) is 2. The maximum atomic E-state index is 11.5. The normalized spacial score (nSPS) is 14.9. The molecule has 0 atom stereocenters. The quantitative estimate of drug-likeness (QED) is 0.811. The lowest BCUT2D eigenvalue weighted by Crippen LogP contribution is -2.23. The first-order valence-corrected chi connectivity index (χ1v) is 8.00. The number of rotatable bonds is 4. The SMILES string of the molecule is COC(=O)c1ccc(Nc2ncnc(C3=CNC4=CC=CCN43)n2)cc1. The molecular weight excluding hydrogens is 332 g/mol. The van der Waals surface area contributed by atoms with Gasteiger partial charge in [0.25, 0.3) is 0 Å². The summed E-state index contributed by atoms with van der Waals surface area (Å²) in [4.78, 5) is 26.5. The molecule has 2 aromatic rings. The zero-order valence-corrected chi connectivity index (χ0v) is 14.0. The second kappa shape index (κ2) is 6.67. The molecule has 3 heterocycles. The molecule has 0 saturated carbocycles. The topological polar surface area (TPSA) is 92.3 Å². The first-order valence-electron chi connectivity index (χ1n) is 8.00. The number of carbonyl (C=O) groups is 1. The highest BCUT2D eigenvalue weighted by Crippen LogP contribution is 2.26. The minimum atomic E-state index is -0.376. The van der Waals surface area contributed by atoms with Crippen molar-refractivity contribution in [2.45, 2.75) is 0 Å². The van der Waals surface area contributed by atoms with Gasteiger partial charge in [0.2, 0.25) is 5.95 Å². The second-order valence-electron chi connectivity index (χ2n) is 5.59. The Hall–Kier alpha value is -3.68. The molecule has 4 rings (SSSR count). The van der Waals surface area contributed by atoms with E-state index in [-0.39, 0.29) is 5.97 Å². The lowest BCUT2D eigenvalue weighted by Gasteiger charge is -2.22. The zero-order valence-electron chi connectivity index (χ0n) is 14.0. The van der Waals surface area contributed by atoms with Gasteiger partial charge in [0.05, 0.1) is 12.7 Å². The molecule has 0 saturated heterocycles. The van der Waals surface area contributed by atoms with Crippen LogP contribution in [0.1, 0.15) is 16.2 Å². The summed E-state index contributed by atoms with van der Waals surface area (Å²) in [7, 11) is 1.35. The van der Waals surface area contributed by atoms with Gasteiger partial charge in [0, 0.05) is 18.4 Å². The third-order valence-corrected chi connectivity index (χ3v) is 3.98. The molecule has 1 aromatic heterocycles. The molecule has 2 N–H and O–H groups in total. The van der Waals surface area contributed by atoms with Crippen LogP contribution in [0.4, 0.5) is 11.6 Å². The Bertz CT molecular complexity index is 933. The Labute approximate surface area is 149 Å². The number of aromatic nitrogens is 3. The fraction of sp³-hybridized carbons (Fsp3) is 0.111. The highest BCUT2D eigenvalue weighted by atomic mass is 16.5. The number of esters is 1. The van der Waals surface area contributed by atoms with Gasteiger partial charge in [-0.25, -0.2) is 14.8 Å². The van der Waals surface area contributed by atoms with Gasteiger partial charge in [-0.2, -0.15) is 4.98 Å². The van der Waals surface area contributed by atoms with Crippen LogP contribution in [-0.4, -0.2) is 39.5 Å². The molecular formula is C18H16N6O2. The highest BCUT2D eigenvalue weighted by molar-refractivity contribution is 5.89. The summed E-state index contributed by atoms with van der Waals surface area (Å²) in [5.74, 6) is 1.61. The Morgan fingerprint density at radius 1 is 1.27 bits per heavy atom. The van der Waals surface area contributed by atoms with Crippen LogP contribution in [0, 0.1) is 0 Å². The summed E-state index contributed by atoms with van der Waals surface area (Å²) < 4.78 is 4.69. The molecule has 0 radical (unpaired) electrons. The minimum absolute atomic E-state index is 0.376. The lowest BCUT2D eigenvalue weighted by molar-refractivity contribution is 0.0601. The largest absolute Gasteiger partial charge is 0.465 e. The van der Waals surface area contributed by atoms with Crippen LogP contribution in [0.15, 0.2) is 60.8 Å². The summed E-state index contributed by atoms with van der Waals surface area (Å²) in [6.45, 7) is 0.758. The predicted octanol–water partition coefficient (Wildman–Crippen LogP) is 2.02. The van der Waals surface area contributed by atoms with Gasteiger partial charge in [-0.3, -0.25) is 0 Å². The van der Waals surface area contributed by atoms with Crippen molar-refractivity contribution in [3.05, 3.63) is 72.2 Å². The fourth-order valence-corrected chi connectivity index (χ4v) is 2.69. The number of methoxy groups -OCH3 is 1. The maximum Gasteiger partial charge on any atom is 0.337 e.